The molecule has 0 heterocycles. The van der Waals surface area contributed by atoms with Crippen LogP contribution in [-0.4, -0.2) is 49.8 Å². The first-order valence-corrected chi connectivity index (χ1v) is 2.99. The fraction of sp³-hybridized carbons (Fsp3) is 0.333. The van der Waals surface area contributed by atoms with E-state index < -0.39 is 0 Å². The minimum absolute atomic E-state index is 0. The summed E-state index contributed by atoms with van der Waals surface area (Å²) in [6, 6.07) is 0. The Hall–Kier alpha value is -0.551. The Morgan fingerprint density at radius 3 is 1.29 bits per heavy atom. The zero-order chi connectivity index (χ0) is 10.7. The van der Waals surface area contributed by atoms with Crippen LogP contribution in [0.2, 0.25) is 6.82 Å². The summed E-state index contributed by atoms with van der Waals surface area (Å²) >= 11 is 0. The molecule has 0 aromatic heterocycles. The van der Waals surface area contributed by atoms with Crippen molar-refractivity contribution in [2.75, 3.05) is 7.05 Å². The van der Waals surface area contributed by atoms with Gasteiger partial charge in [0.15, 0.2) is 7.41 Å². The molecule has 0 saturated heterocycles. The van der Waals surface area contributed by atoms with E-state index in [1.54, 1.807) is 0 Å². The molecule has 2 radical (unpaired) electrons. The van der Waals surface area contributed by atoms with Crippen molar-refractivity contribution in [1.29, 1.82) is 0 Å². The molecule has 74 valence electrons. The third-order valence-electron chi connectivity index (χ3n) is 0.729. The average molecular weight is 270 g/mol. The van der Waals surface area contributed by atoms with E-state index in [1.165, 1.54) is 46.9 Å². The van der Waals surface area contributed by atoms with Crippen molar-refractivity contribution in [3.8, 4) is 0 Å². The van der Waals surface area contributed by atoms with E-state index in [2.05, 4.69) is 0 Å². The van der Waals surface area contributed by atoms with Gasteiger partial charge in [0.2, 0.25) is 0 Å². The van der Waals surface area contributed by atoms with Gasteiger partial charge in [-0.2, -0.15) is 12.8 Å². The van der Waals surface area contributed by atoms with E-state index >= 15 is 0 Å². The number of amides is 4. The second-order valence-electron chi connectivity index (χ2n) is 1.55. The summed E-state index contributed by atoms with van der Waals surface area (Å²) in [5.74, 6) is 0. The number of hydrogen-bond acceptors (Lipinski definition) is 4. The Morgan fingerprint density at radius 1 is 0.929 bits per heavy atom. The van der Waals surface area contributed by atoms with Crippen LogP contribution in [0.5, 0.6) is 0 Å². The summed E-state index contributed by atoms with van der Waals surface area (Å²) in [4.78, 5) is 38.8. The number of hydrogen-bond donors (Lipinski definition) is 0. The van der Waals surface area contributed by atoms with Crippen LogP contribution in [0, 0.1) is 0 Å². The second-order valence-corrected chi connectivity index (χ2v) is 1.55. The Labute approximate surface area is 108 Å². The molecule has 0 aromatic rings. The van der Waals surface area contributed by atoms with Crippen LogP contribution >= 0.6 is 0 Å². The van der Waals surface area contributed by atoms with Gasteiger partial charge in [0.1, 0.15) is 0 Å². The van der Waals surface area contributed by atoms with E-state index in [-0.39, 0.29) is 32.7 Å². The molecule has 0 spiro atoms. The van der Waals surface area contributed by atoms with Gasteiger partial charge in [-0.15, -0.1) is 0 Å². The maximum atomic E-state index is 9.47. The third kappa shape index (κ3) is 14.0. The predicted octanol–water partition coefficient (Wildman–Crippen LogP) is -1.86. The van der Waals surface area contributed by atoms with Gasteiger partial charge in [-0.3, -0.25) is 0 Å². The van der Waals surface area contributed by atoms with E-state index in [9.17, 15) is 19.2 Å². The molecule has 14 heavy (non-hydrogen) atoms. The molecule has 6 nitrogen and oxygen atoms in total. The maximum absolute atomic E-state index is 9.47. The van der Waals surface area contributed by atoms with Crippen LogP contribution < -0.4 is 0 Å². The van der Waals surface area contributed by atoms with Crippen molar-refractivity contribution in [2.24, 2.45) is 0 Å². The Bertz CT molecular complexity index is 165. The largest absolute Gasteiger partial charge is 0.689 e. The Kier molecular flexibility index (Phi) is 20.4. The fourth-order valence-corrected chi connectivity index (χ4v) is 0.143. The van der Waals surface area contributed by atoms with Crippen molar-refractivity contribution >= 4 is 33.1 Å². The van der Waals surface area contributed by atoms with E-state index in [4.69, 9.17) is 0 Å². The molecule has 4 amide bonds. The molecular formula is C6H6BN2O4Y-4. The molecule has 0 N–H and O–H groups in total. The van der Waals surface area contributed by atoms with E-state index in [1.807, 2.05) is 0 Å². The topological polar surface area (TPSA) is 74.8 Å². The smallest absolute Gasteiger partial charge is 0.180 e. The van der Waals surface area contributed by atoms with Gasteiger partial charge in [0, 0.05) is 32.7 Å². The van der Waals surface area contributed by atoms with Crippen LogP contribution in [0.4, 0.5) is 0 Å². The first kappa shape index (κ1) is 19.1. The molecule has 8 heteroatoms. The molecule has 0 aliphatic carbocycles. The van der Waals surface area contributed by atoms with Gasteiger partial charge in [0.25, 0.3) is 0 Å². The monoisotopic (exact) mass is 270 g/mol. The standard InChI is InChI=1S/C3H3BNO2.C3H3NO2.Y/c1-4-5(2-6)3-7;1-4(2-5)3-6;/h1H3;1H3;/q2*-2;. The van der Waals surface area contributed by atoms with Crippen LogP contribution in [0.3, 0.4) is 0 Å². The number of carbonyl (C=O) groups excluding carboxylic acids is 4. The molecule has 0 rings (SSSR count). The van der Waals surface area contributed by atoms with Gasteiger partial charge in [-0.05, 0) is 7.05 Å². The summed E-state index contributed by atoms with van der Waals surface area (Å²) in [6.07, 6.45) is 5.16. The molecule has 0 fully saturated rings. The predicted molar refractivity (Wildman–Crippen MR) is 44.0 cm³/mol. The first-order chi connectivity index (χ1) is 6.15. The SMILES string of the molecule is CN([C-]=O)[C-]=O.C[B]N([C-]=O)[C-]=O.[Y]. The first-order valence-electron chi connectivity index (χ1n) is 2.99. The Balaban J connectivity index is -0.000000163. The minimum atomic E-state index is 0. The number of imide groups is 2. The van der Waals surface area contributed by atoms with Crippen molar-refractivity contribution in [2.45, 2.75) is 6.82 Å². The van der Waals surface area contributed by atoms with Gasteiger partial charge in [-0.25, -0.2) is 12.8 Å². The summed E-state index contributed by atoms with van der Waals surface area (Å²) in [7, 11) is 2.53. The van der Waals surface area contributed by atoms with Gasteiger partial charge >= 0.3 is 0 Å². The van der Waals surface area contributed by atoms with Crippen molar-refractivity contribution < 1.29 is 51.9 Å². The summed E-state index contributed by atoms with van der Waals surface area (Å²) < 4.78 is 0. The molecule has 0 aliphatic rings. The van der Waals surface area contributed by atoms with E-state index in [0.29, 0.717) is 9.71 Å². The average Bonchev–Trinajstić information content (AvgIpc) is 2.20. The van der Waals surface area contributed by atoms with E-state index in [0.717, 1.165) is 0 Å². The maximum Gasteiger partial charge on any atom is 0.180 e. The number of nitrogens with zero attached hydrogens (tertiary/aromatic N) is 2. The quantitative estimate of drug-likeness (QED) is 0.333. The minimum Gasteiger partial charge on any atom is -0.689 e. The molecule has 0 aromatic carbocycles. The molecule has 0 atom stereocenters. The summed E-state index contributed by atoms with van der Waals surface area (Å²) in [5, 5.41) is 0. The normalized spacial score (nSPS) is 6.43. The molecule has 0 saturated carbocycles. The second kappa shape index (κ2) is 14.9. The molecule has 0 bridgehead atoms. The van der Waals surface area contributed by atoms with Crippen molar-refractivity contribution in [3.05, 3.63) is 0 Å². The van der Waals surface area contributed by atoms with Crippen LogP contribution in [0.1, 0.15) is 0 Å². The van der Waals surface area contributed by atoms with Crippen LogP contribution in [0.25, 0.3) is 0 Å². The van der Waals surface area contributed by atoms with Gasteiger partial charge in [-0.1, -0.05) is 6.82 Å². The molecule has 0 aliphatic heterocycles. The third-order valence-corrected chi connectivity index (χ3v) is 0.729. The van der Waals surface area contributed by atoms with Gasteiger partial charge < -0.3 is 28.9 Å². The van der Waals surface area contributed by atoms with Gasteiger partial charge in [0.05, 0.1) is 0 Å². The zero-order valence-electron chi connectivity index (χ0n) is 7.68. The van der Waals surface area contributed by atoms with Crippen molar-refractivity contribution in [3.63, 3.8) is 0 Å². The van der Waals surface area contributed by atoms with Crippen LogP contribution in [-0.2, 0) is 51.9 Å². The fourth-order valence-electron chi connectivity index (χ4n) is 0.143. The van der Waals surface area contributed by atoms with Crippen LogP contribution in [0.15, 0.2) is 0 Å². The summed E-state index contributed by atoms with van der Waals surface area (Å²) in [6.45, 7) is 1.54. The van der Waals surface area contributed by atoms with Crippen molar-refractivity contribution in [1.82, 2.24) is 9.71 Å². The molecular weight excluding hydrogens is 264 g/mol. The zero-order valence-corrected chi connectivity index (χ0v) is 10.5. The Morgan fingerprint density at radius 2 is 1.29 bits per heavy atom. The summed E-state index contributed by atoms with van der Waals surface area (Å²) in [5.41, 5.74) is 0. The number of rotatable bonds is 5. The molecule has 0 unspecified atom stereocenters.